The third-order valence-corrected chi connectivity index (χ3v) is 12.3. The van der Waals surface area contributed by atoms with E-state index < -0.39 is 0 Å². The predicted molar refractivity (Wildman–Crippen MR) is 151 cm³/mol. The van der Waals surface area contributed by atoms with Crippen molar-refractivity contribution < 1.29 is 14.6 Å². The Labute approximate surface area is 230 Å². The normalized spacial score (nSPS) is 40.9. The fraction of sp³-hybridized carbons (Fsp3) is 0.818. The van der Waals surface area contributed by atoms with Gasteiger partial charge in [-0.2, -0.15) is 0 Å². The Bertz CT molecular complexity index is 939. The van der Waals surface area contributed by atoms with Crippen LogP contribution in [0.3, 0.4) is 0 Å². The van der Waals surface area contributed by atoms with Crippen LogP contribution in [0.15, 0.2) is 24.4 Å². The number of fused-ring (bicyclic) bond motifs is 5. The molecule has 1 aromatic rings. The maximum Gasteiger partial charge on any atom is 0.407 e. The Balaban J connectivity index is 1.15. The van der Waals surface area contributed by atoms with Gasteiger partial charge in [0, 0.05) is 24.9 Å². The number of carbonyl (C=O) groups excluding carboxylic acids is 1. The smallest absolute Gasteiger partial charge is 0.407 e. The summed E-state index contributed by atoms with van der Waals surface area (Å²) in [6.07, 6.45) is 14.4. The average molecular weight is 525 g/mol. The number of aliphatic hydroxyl groups excluding tert-OH is 1. The minimum Gasteiger partial charge on any atom is -0.450 e. The van der Waals surface area contributed by atoms with Crippen molar-refractivity contribution in [2.45, 2.75) is 104 Å². The topological polar surface area (TPSA) is 71.5 Å². The van der Waals surface area contributed by atoms with E-state index in [4.69, 9.17) is 4.74 Å². The van der Waals surface area contributed by atoms with E-state index in [0.717, 1.165) is 61.0 Å². The lowest BCUT2D eigenvalue weighted by Crippen LogP contribution is -2.56. The molecule has 212 valence electrons. The van der Waals surface area contributed by atoms with Crippen molar-refractivity contribution in [3.8, 4) is 0 Å². The van der Waals surface area contributed by atoms with Gasteiger partial charge in [0.05, 0.1) is 12.7 Å². The summed E-state index contributed by atoms with van der Waals surface area (Å²) in [7, 11) is 0. The summed E-state index contributed by atoms with van der Waals surface area (Å²) in [6, 6.07) is 5.85. The second-order valence-corrected chi connectivity index (χ2v) is 13.9. The number of rotatable bonds is 8. The number of aromatic nitrogens is 1. The van der Waals surface area contributed by atoms with Gasteiger partial charge in [-0.25, -0.2) is 4.79 Å². The van der Waals surface area contributed by atoms with Crippen LogP contribution in [0.4, 0.5) is 4.79 Å². The number of ether oxygens (including phenoxy) is 1. The lowest BCUT2D eigenvalue weighted by atomic mass is 9.42. The van der Waals surface area contributed by atoms with Crippen LogP contribution in [-0.4, -0.2) is 35.4 Å². The molecular formula is C33H52N2O3. The van der Waals surface area contributed by atoms with Crippen LogP contribution in [0.5, 0.6) is 0 Å². The molecule has 5 nitrogen and oxygen atoms in total. The first-order valence-electron chi connectivity index (χ1n) is 15.7. The molecule has 38 heavy (non-hydrogen) atoms. The number of alkyl carbamates (subject to hydrolysis) is 1. The standard InChI is InChI=1S/C33H52N2O3/c1-5-23-20-26-28-10-9-27(22(2)14-19-38-31(37)35-18-13-24-8-6-7-17-34-24)32(28,3)16-12-29(26)33(4)15-11-25(36)21-30(23)33/h6-8,17,22-23,25-30,36H,5,9-16,18-21H2,1-4H3,(H,35,37)/t22?,23-,25+,26?,27+,28?,29-,30?,32?,33?/m0/s1. The zero-order valence-electron chi connectivity index (χ0n) is 24.3. The monoisotopic (exact) mass is 524 g/mol. The quantitative estimate of drug-likeness (QED) is 0.383. The zero-order chi connectivity index (χ0) is 26.9. The van der Waals surface area contributed by atoms with Gasteiger partial charge in [0.2, 0.25) is 0 Å². The number of amides is 1. The fourth-order valence-corrected chi connectivity index (χ4v) is 10.3. The van der Waals surface area contributed by atoms with Gasteiger partial charge in [0.1, 0.15) is 0 Å². The molecule has 4 aliphatic carbocycles. The number of carbonyl (C=O) groups is 1. The van der Waals surface area contributed by atoms with Crippen molar-refractivity contribution in [3.05, 3.63) is 30.1 Å². The molecule has 1 amide bonds. The summed E-state index contributed by atoms with van der Waals surface area (Å²) in [5.41, 5.74) is 1.82. The molecule has 0 aliphatic heterocycles. The van der Waals surface area contributed by atoms with Gasteiger partial charge >= 0.3 is 6.09 Å². The van der Waals surface area contributed by atoms with E-state index >= 15 is 0 Å². The minimum absolute atomic E-state index is 0.0746. The zero-order valence-corrected chi connectivity index (χ0v) is 24.3. The van der Waals surface area contributed by atoms with E-state index in [-0.39, 0.29) is 12.2 Å². The molecule has 4 saturated carbocycles. The van der Waals surface area contributed by atoms with Crippen LogP contribution in [0.1, 0.15) is 97.6 Å². The highest BCUT2D eigenvalue weighted by atomic mass is 16.5. The maximum atomic E-state index is 12.2. The van der Waals surface area contributed by atoms with E-state index in [1.807, 2.05) is 18.2 Å². The van der Waals surface area contributed by atoms with Crippen LogP contribution < -0.4 is 5.32 Å². The molecule has 4 aliphatic rings. The van der Waals surface area contributed by atoms with Crippen molar-refractivity contribution in [2.75, 3.05) is 13.2 Å². The van der Waals surface area contributed by atoms with Gasteiger partial charge < -0.3 is 15.2 Å². The van der Waals surface area contributed by atoms with Crippen molar-refractivity contribution in [2.24, 2.45) is 52.3 Å². The lowest BCUT2D eigenvalue weighted by molar-refractivity contribution is -0.152. The molecular weight excluding hydrogens is 472 g/mol. The molecule has 0 aromatic carbocycles. The van der Waals surface area contributed by atoms with E-state index in [1.165, 1.54) is 44.9 Å². The molecule has 1 aromatic heterocycles. The van der Waals surface area contributed by atoms with Gasteiger partial charge in [-0.3, -0.25) is 4.98 Å². The number of hydrogen-bond acceptors (Lipinski definition) is 4. The van der Waals surface area contributed by atoms with Gasteiger partial charge in [0.15, 0.2) is 0 Å². The summed E-state index contributed by atoms with van der Waals surface area (Å²) in [6.45, 7) is 11.1. The molecule has 5 heteroatoms. The highest BCUT2D eigenvalue weighted by Crippen LogP contribution is 2.69. The van der Waals surface area contributed by atoms with E-state index in [1.54, 1.807) is 6.20 Å². The molecule has 0 saturated heterocycles. The molecule has 4 fully saturated rings. The average Bonchev–Trinajstić information content (AvgIpc) is 3.27. The van der Waals surface area contributed by atoms with Crippen molar-refractivity contribution in [1.29, 1.82) is 0 Å². The van der Waals surface area contributed by atoms with Crippen LogP contribution >= 0.6 is 0 Å². The fourth-order valence-electron chi connectivity index (χ4n) is 10.3. The lowest BCUT2D eigenvalue weighted by Gasteiger charge is -2.63. The highest BCUT2D eigenvalue weighted by Gasteiger charge is 2.62. The molecule has 0 bridgehead atoms. The summed E-state index contributed by atoms with van der Waals surface area (Å²) in [4.78, 5) is 16.5. The third-order valence-electron chi connectivity index (χ3n) is 12.3. The first-order chi connectivity index (χ1) is 18.3. The molecule has 10 atom stereocenters. The van der Waals surface area contributed by atoms with Gasteiger partial charge in [-0.1, -0.05) is 40.2 Å². The van der Waals surface area contributed by atoms with Crippen molar-refractivity contribution >= 4 is 6.09 Å². The summed E-state index contributed by atoms with van der Waals surface area (Å²) in [5, 5.41) is 13.4. The number of nitrogens with zero attached hydrogens (tertiary/aromatic N) is 1. The highest BCUT2D eigenvalue weighted by molar-refractivity contribution is 5.67. The van der Waals surface area contributed by atoms with Crippen LogP contribution in [0.2, 0.25) is 0 Å². The number of hydrogen-bond donors (Lipinski definition) is 2. The third kappa shape index (κ3) is 5.25. The summed E-state index contributed by atoms with van der Waals surface area (Å²) in [5.74, 6) is 5.32. The number of pyridine rings is 1. The van der Waals surface area contributed by atoms with Crippen LogP contribution in [0, 0.1) is 52.3 Å². The van der Waals surface area contributed by atoms with Crippen molar-refractivity contribution in [1.82, 2.24) is 10.3 Å². The van der Waals surface area contributed by atoms with Crippen LogP contribution in [0.25, 0.3) is 0 Å². The van der Waals surface area contributed by atoms with Gasteiger partial charge in [-0.05, 0) is 122 Å². The molecule has 6 unspecified atom stereocenters. The predicted octanol–water partition coefficient (Wildman–Crippen LogP) is 7.03. The number of nitrogens with one attached hydrogen (secondary N) is 1. The van der Waals surface area contributed by atoms with E-state index in [9.17, 15) is 9.90 Å². The van der Waals surface area contributed by atoms with E-state index in [0.29, 0.717) is 35.8 Å². The second-order valence-electron chi connectivity index (χ2n) is 13.9. The first-order valence-corrected chi connectivity index (χ1v) is 15.7. The largest absolute Gasteiger partial charge is 0.450 e. The molecule has 0 spiro atoms. The Morgan fingerprint density at radius 1 is 1.11 bits per heavy atom. The molecule has 1 heterocycles. The number of aliphatic hydroxyl groups is 1. The first kappa shape index (κ1) is 27.9. The molecule has 2 N–H and O–H groups in total. The van der Waals surface area contributed by atoms with Gasteiger partial charge in [0.25, 0.3) is 0 Å². The van der Waals surface area contributed by atoms with Gasteiger partial charge in [-0.15, -0.1) is 0 Å². The second kappa shape index (κ2) is 11.5. The summed E-state index contributed by atoms with van der Waals surface area (Å²) >= 11 is 0. The minimum atomic E-state index is -0.308. The van der Waals surface area contributed by atoms with E-state index in [2.05, 4.69) is 38.0 Å². The molecule has 5 rings (SSSR count). The Kier molecular flexibility index (Phi) is 8.43. The maximum absolute atomic E-state index is 12.2. The SMILES string of the molecule is CC[C@H]1CC2C3CC[C@H](C(C)CCOC(=O)NCCc4ccccn4)C3(C)CC[C@@H]2C2(C)CC[C@@H](O)CC12. The van der Waals surface area contributed by atoms with Crippen molar-refractivity contribution in [3.63, 3.8) is 0 Å². The molecule has 0 radical (unpaired) electrons. The van der Waals surface area contributed by atoms with Crippen LogP contribution in [-0.2, 0) is 11.2 Å². The Morgan fingerprint density at radius 2 is 1.89 bits per heavy atom. The Hall–Kier alpha value is -1.62. The summed E-state index contributed by atoms with van der Waals surface area (Å²) < 4.78 is 5.58. The Morgan fingerprint density at radius 3 is 2.66 bits per heavy atom.